The summed E-state index contributed by atoms with van der Waals surface area (Å²) >= 11 is 1.67. The Kier molecular flexibility index (Phi) is 2.93. The second-order valence-corrected chi connectivity index (χ2v) is 4.00. The fourth-order valence-electron chi connectivity index (χ4n) is 1.46. The first-order valence-corrected chi connectivity index (χ1v) is 5.33. The quantitative estimate of drug-likeness (QED) is 0.747. The highest BCUT2D eigenvalue weighted by Gasteiger charge is 2.20. The van der Waals surface area contributed by atoms with Gasteiger partial charge in [0.25, 0.3) is 0 Å². The zero-order valence-corrected chi connectivity index (χ0v) is 8.47. The highest BCUT2D eigenvalue weighted by Crippen LogP contribution is 2.30. The van der Waals surface area contributed by atoms with E-state index in [0.29, 0.717) is 6.61 Å². The fraction of sp³-hybridized carbons (Fsp3) is 0.667. The third-order valence-corrected chi connectivity index (χ3v) is 3.05. The smallest absolute Gasteiger partial charge is 0.122 e. The van der Waals surface area contributed by atoms with Gasteiger partial charge in [-0.2, -0.15) is 0 Å². The summed E-state index contributed by atoms with van der Waals surface area (Å²) in [6.45, 7) is 1.48. The van der Waals surface area contributed by atoms with Crippen molar-refractivity contribution in [2.75, 3.05) is 13.7 Å². The number of methoxy groups -OCH3 is 1. The predicted octanol–water partition coefficient (Wildman–Crippen LogP) is 2.14. The zero-order chi connectivity index (χ0) is 9.10. The van der Waals surface area contributed by atoms with Gasteiger partial charge in [0.15, 0.2) is 0 Å². The van der Waals surface area contributed by atoms with E-state index in [1.54, 1.807) is 18.4 Å². The molecule has 1 atom stereocenters. The molecule has 0 amide bonds. The molecule has 2 rings (SSSR count). The van der Waals surface area contributed by atoms with Crippen LogP contribution in [0.15, 0.2) is 5.38 Å². The number of rotatable bonds is 3. The van der Waals surface area contributed by atoms with Crippen molar-refractivity contribution in [1.82, 2.24) is 4.98 Å². The first kappa shape index (κ1) is 9.12. The van der Waals surface area contributed by atoms with Gasteiger partial charge < -0.3 is 9.47 Å². The van der Waals surface area contributed by atoms with Gasteiger partial charge in [0.2, 0.25) is 0 Å². The maximum absolute atomic E-state index is 5.54. The zero-order valence-electron chi connectivity index (χ0n) is 7.66. The van der Waals surface area contributed by atoms with Gasteiger partial charge in [-0.25, -0.2) is 4.98 Å². The largest absolute Gasteiger partial charge is 0.378 e. The first-order valence-electron chi connectivity index (χ1n) is 4.45. The van der Waals surface area contributed by atoms with Crippen molar-refractivity contribution in [3.8, 4) is 0 Å². The van der Waals surface area contributed by atoms with E-state index in [-0.39, 0.29) is 6.10 Å². The molecule has 13 heavy (non-hydrogen) atoms. The Labute approximate surface area is 81.7 Å². The number of hydrogen-bond acceptors (Lipinski definition) is 4. The van der Waals surface area contributed by atoms with Crippen molar-refractivity contribution < 1.29 is 9.47 Å². The van der Waals surface area contributed by atoms with Crippen LogP contribution >= 0.6 is 11.3 Å². The minimum Gasteiger partial charge on any atom is -0.378 e. The van der Waals surface area contributed by atoms with E-state index >= 15 is 0 Å². The second-order valence-electron chi connectivity index (χ2n) is 3.11. The molecule has 0 spiro atoms. The molecule has 0 aromatic carbocycles. The van der Waals surface area contributed by atoms with Crippen molar-refractivity contribution in [2.24, 2.45) is 0 Å². The summed E-state index contributed by atoms with van der Waals surface area (Å²) in [6, 6.07) is 0. The van der Waals surface area contributed by atoms with Crippen LogP contribution in [0.1, 0.15) is 29.6 Å². The molecule has 0 N–H and O–H groups in total. The minimum absolute atomic E-state index is 0.246. The third kappa shape index (κ3) is 2.07. The number of nitrogens with zero attached hydrogens (tertiary/aromatic N) is 1. The molecule has 1 unspecified atom stereocenters. The molecule has 2 heterocycles. The van der Waals surface area contributed by atoms with Gasteiger partial charge in [-0.3, -0.25) is 0 Å². The third-order valence-electron chi connectivity index (χ3n) is 2.07. The van der Waals surface area contributed by atoms with Gasteiger partial charge in [-0.1, -0.05) is 0 Å². The summed E-state index contributed by atoms with van der Waals surface area (Å²) in [5.41, 5.74) is 1.01. The molecule has 1 aliphatic heterocycles. The molecule has 1 aromatic heterocycles. The van der Waals surface area contributed by atoms with Crippen LogP contribution in [0, 0.1) is 0 Å². The average molecular weight is 199 g/mol. The Bertz CT molecular complexity index is 268. The minimum atomic E-state index is 0.246. The lowest BCUT2D eigenvalue weighted by atomic mass is 10.2. The fourth-order valence-corrected chi connectivity index (χ4v) is 2.34. The molecule has 0 aliphatic carbocycles. The molecule has 1 aromatic rings. The van der Waals surface area contributed by atoms with Crippen LogP contribution in [0.2, 0.25) is 0 Å². The molecule has 0 saturated carbocycles. The van der Waals surface area contributed by atoms with Crippen molar-refractivity contribution in [3.63, 3.8) is 0 Å². The molecule has 1 aliphatic rings. The van der Waals surface area contributed by atoms with Crippen LogP contribution in [-0.2, 0) is 16.1 Å². The van der Waals surface area contributed by atoms with E-state index < -0.39 is 0 Å². The summed E-state index contributed by atoms with van der Waals surface area (Å²) in [7, 11) is 1.69. The second kappa shape index (κ2) is 4.17. The summed E-state index contributed by atoms with van der Waals surface area (Å²) in [6.07, 6.45) is 2.51. The molecule has 3 nitrogen and oxygen atoms in total. The van der Waals surface area contributed by atoms with Gasteiger partial charge in [0, 0.05) is 19.1 Å². The van der Waals surface area contributed by atoms with Gasteiger partial charge in [-0.05, 0) is 12.8 Å². The van der Waals surface area contributed by atoms with Gasteiger partial charge in [0.1, 0.15) is 11.1 Å². The lowest BCUT2D eigenvalue weighted by Gasteiger charge is -2.03. The predicted molar refractivity (Wildman–Crippen MR) is 50.8 cm³/mol. The Morgan fingerprint density at radius 2 is 2.69 bits per heavy atom. The Balaban J connectivity index is 2.03. The van der Waals surface area contributed by atoms with Crippen LogP contribution in [0.4, 0.5) is 0 Å². The van der Waals surface area contributed by atoms with E-state index in [0.717, 1.165) is 30.2 Å². The Morgan fingerprint density at radius 1 is 1.77 bits per heavy atom. The summed E-state index contributed by atoms with van der Waals surface area (Å²) < 4.78 is 10.5. The van der Waals surface area contributed by atoms with Crippen LogP contribution in [-0.4, -0.2) is 18.7 Å². The van der Waals surface area contributed by atoms with Crippen LogP contribution < -0.4 is 0 Å². The normalized spacial score (nSPS) is 22.4. The Hall–Kier alpha value is -0.450. The molecule has 4 heteroatoms. The van der Waals surface area contributed by atoms with E-state index in [1.165, 1.54) is 0 Å². The van der Waals surface area contributed by atoms with Gasteiger partial charge in [-0.15, -0.1) is 11.3 Å². The summed E-state index contributed by atoms with van der Waals surface area (Å²) in [5.74, 6) is 0. The van der Waals surface area contributed by atoms with Crippen molar-refractivity contribution in [3.05, 3.63) is 16.1 Å². The maximum Gasteiger partial charge on any atom is 0.122 e. The number of thiazole rings is 1. The molecule has 1 saturated heterocycles. The Morgan fingerprint density at radius 3 is 3.38 bits per heavy atom. The number of hydrogen-bond donors (Lipinski definition) is 0. The van der Waals surface area contributed by atoms with E-state index in [9.17, 15) is 0 Å². The van der Waals surface area contributed by atoms with E-state index in [4.69, 9.17) is 9.47 Å². The van der Waals surface area contributed by atoms with Crippen molar-refractivity contribution >= 4 is 11.3 Å². The molecule has 0 radical (unpaired) electrons. The number of ether oxygens (including phenoxy) is 2. The van der Waals surface area contributed by atoms with Crippen LogP contribution in [0.25, 0.3) is 0 Å². The summed E-state index contributed by atoms with van der Waals surface area (Å²) in [4.78, 5) is 4.45. The maximum atomic E-state index is 5.54. The van der Waals surface area contributed by atoms with Crippen molar-refractivity contribution in [1.29, 1.82) is 0 Å². The number of aromatic nitrogens is 1. The van der Waals surface area contributed by atoms with E-state index in [2.05, 4.69) is 4.98 Å². The van der Waals surface area contributed by atoms with Crippen molar-refractivity contribution in [2.45, 2.75) is 25.6 Å². The molecular weight excluding hydrogens is 186 g/mol. The highest BCUT2D eigenvalue weighted by atomic mass is 32.1. The first-order chi connectivity index (χ1) is 6.40. The molecule has 72 valence electrons. The highest BCUT2D eigenvalue weighted by molar-refractivity contribution is 7.09. The summed E-state index contributed by atoms with van der Waals surface area (Å²) in [5, 5.41) is 3.14. The lowest BCUT2D eigenvalue weighted by Crippen LogP contribution is -1.95. The SMILES string of the molecule is COCc1csc(C2CCCO2)n1. The average Bonchev–Trinajstić information content (AvgIpc) is 2.70. The lowest BCUT2D eigenvalue weighted by molar-refractivity contribution is 0.111. The monoisotopic (exact) mass is 199 g/mol. The van der Waals surface area contributed by atoms with Gasteiger partial charge in [0.05, 0.1) is 12.3 Å². The van der Waals surface area contributed by atoms with Crippen LogP contribution in [0.3, 0.4) is 0 Å². The molecular formula is C9H13NO2S. The van der Waals surface area contributed by atoms with E-state index in [1.807, 2.05) is 5.38 Å². The molecule has 1 fully saturated rings. The van der Waals surface area contributed by atoms with Crippen LogP contribution in [0.5, 0.6) is 0 Å². The topological polar surface area (TPSA) is 31.4 Å². The molecule has 0 bridgehead atoms. The van der Waals surface area contributed by atoms with Gasteiger partial charge >= 0.3 is 0 Å². The standard InChI is InChI=1S/C9H13NO2S/c1-11-5-7-6-13-9(10-7)8-3-2-4-12-8/h6,8H,2-5H2,1H3.